The Hall–Kier alpha value is -1.71. The quantitative estimate of drug-likeness (QED) is 0.670. The minimum atomic E-state index is -3.66. The molecule has 104 valence electrons. The largest absolute Gasteiger partial charge is 0.394 e. The first-order chi connectivity index (χ1) is 9.03. The molecule has 0 aliphatic rings. The fourth-order valence-corrected chi connectivity index (χ4v) is 2.74. The van der Waals surface area contributed by atoms with Crippen LogP contribution in [0.15, 0.2) is 29.7 Å². The van der Waals surface area contributed by atoms with Crippen LogP contribution in [0.1, 0.15) is 18.8 Å². The highest BCUT2D eigenvalue weighted by molar-refractivity contribution is 7.89. The van der Waals surface area contributed by atoms with Gasteiger partial charge in [0.25, 0.3) is 0 Å². The zero-order valence-electron chi connectivity index (χ0n) is 10.3. The van der Waals surface area contributed by atoms with E-state index in [9.17, 15) is 8.42 Å². The smallest absolute Gasteiger partial charge is 0.244 e. The SMILES string of the molecule is CC(NS(=O)(=O)c1cnn(CCO)c1)c1ncc[nH]1. The Labute approximate surface area is 110 Å². The molecule has 0 aliphatic heterocycles. The van der Waals surface area contributed by atoms with E-state index in [1.807, 2.05) is 0 Å². The number of aliphatic hydroxyl groups excluding tert-OH is 1. The summed E-state index contributed by atoms with van der Waals surface area (Å²) >= 11 is 0. The van der Waals surface area contributed by atoms with Crippen LogP contribution in [-0.2, 0) is 16.6 Å². The molecule has 1 atom stereocenters. The molecule has 9 heteroatoms. The fraction of sp³-hybridized carbons (Fsp3) is 0.400. The van der Waals surface area contributed by atoms with Crippen molar-refractivity contribution in [1.82, 2.24) is 24.5 Å². The van der Waals surface area contributed by atoms with Crippen LogP contribution in [0.4, 0.5) is 0 Å². The first-order valence-electron chi connectivity index (χ1n) is 5.68. The van der Waals surface area contributed by atoms with Crippen LogP contribution in [0.2, 0.25) is 0 Å². The molecular formula is C10H15N5O3S. The number of aromatic nitrogens is 4. The molecular weight excluding hydrogens is 270 g/mol. The Morgan fingerprint density at radius 2 is 2.37 bits per heavy atom. The number of imidazole rings is 1. The standard InChI is InChI=1S/C10H15N5O3S/c1-8(10-11-2-3-12-10)14-19(17,18)9-6-13-15(7-9)4-5-16/h2-3,6-8,14,16H,4-5H2,1H3,(H,11,12). The maximum Gasteiger partial charge on any atom is 0.244 e. The summed E-state index contributed by atoms with van der Waals surface area (Å²) in [5, 5.41) is 12.6. The Bertz CT molecular complexity index is 619. The molecule has 2 heterocycles. The van der Waals surface area contributed by atoms with Gasteiger partial charge in [0.2, 0.25) is 10.0 Å². The Morgan fingerprint density at radius 1 is 1.58 bits per heavy atom. The predicted molar refractivity (Wildman–Crippen MR) is 66.6 cm³/mol. The molecule has 0 spiro atoms. The van der Waals surface area contributed by atoms with Gasteiger partial charge in [0.05, 0.1) is 25.4 Å². The van der Waals surface area contributed by atoms with Crippen molar-refractivity contribution < 1.29 is 13.5 Å². The highest BCUT2D eigenvalue weighted by Crippen LogP contribution is 2.13. The molecule has 19 heavy (non-hydrogen) atoms. The van der Waals surface area contributed by atoms with E-state index in [1.165, 1.54) is 17.1 Å². The predicted octanol–water partition coefficient (Wildman–Crippen LogP) is -0.362. The van der Waals surface area contributed by atoms with E-state index in [0.29, 0.717) is 5.82 Å². The van der Waals surface area contributed by atoms with Crippen LogP contribution in [0.5, 0.6) is 0 Å². The Morgan fingerprint density at radius 3 is 3.00 bits per heavy atom. The van der Waals surface area contributed by atoms with Gasteiger partial charge in [-0.3, -0.25) is 4.68 Å². The van der Waals surface area contributed by atoms with Gasteiger partial charge in [-0.1, -0.05) is 0 Å². The second-order valence-corrected chi connectivity index (χ2v) is 5.69. The number of nitrogens with zero attached hydrogens (tertiary/aromatic N) is 3. The molecule has 0 aliphatic carbocycles. The lowest BCUT2D eigenvalue weighted by Crippen LogP contribution is -2.27. The topological polar surface area (TPSA) is 113 Å². The maximum atomic E-state index is 12.1. The number of rotatable bonds is 6. The molecule has 0 radical (unpaired) electrons. The molecule has 0 bridgehead atoms. The molecule has 2 aromatic rings. The van der Waals surface area contributed by atoms with Crippen molar-refractivity contribution in [2.24, 2.45) is 0 Å². The Balaban J connectivity index is 2.13. The average Bonchev–Trinajstić information content (AvgIpc) is 2.99. The number of aromatic amines is 1. The summed E-state index contributed by atoms with van der Waals surface area (Å²) in [5.41, 5.74) is 0. The average molecular weight is 285 g/mol. The van der Waals surface area contributed by atoms with Gasteiger partial charge in [-0.25, -0.2) is 18.1 Å². The lowest BCUT2D eigenvalue weighted by molar-refractivity contribution is 0.269. The van der Waals surface area contributed by atoms with Crippen LogP contribution in [0, 0.1) is 0 Å². The summed E-state index contributed by atoms with van der Waals surface area (Å²) in [5.74, 6) is 0.534. The van der Waals surface area contributed by atoms with Crippen molar-refractivity contribution in [2.45, 2.75) is 24.4 Å². The molecule has 8 nitrogen and oxygen atoms in total. The van der Waals surface area contributed by atoms with E-state index in [2.05, 4.69) is 19.8 Å². The van der Waals surface area contributed by atoms with Crippen LogP contribution in [0.3, 0.4) is 0 Å². The monoisotopic (exact) mass is 285 g/mol. The van der Waals surface area contributed by atoms with Crippen molar-refractivity contribution in [3.8, 4) is 0 Å². The van der Waals surface area contributed by atoms with Gasteiger partial charge in [0.1, 0.15) is 10.7 Å². The van der Waals surface area contributed by atoms with Gasteiger partial charge in [0, 0.05) is 18.6 Å². The molecule has 2 rings (SSSR count). The third kappa shape index (κ3) is 3.19. The second-order valence-electron chi connectivity index (χ2n) is 3.98. The van der Waals surface area contributed by atoms with Crippen molar-refractivity contribution in [1.29, 1.82) is 0 Å². The van der Waals surface area contributed by atoms with E-state index in [4.69, 9.17) is 5.11 Å². The second kappa shape index (κ2) is 5.51. The molecule has 0 aromatic carbocycles. The van der Waals surface area contributed by atoms with Gasteiger partial charge in [-0.05, 0) is 6.92 Å². The van der Waals surface area contributed by atoms with Gasteiger partial charge in [-0.15, -0.1) is 0 Å². The van der Waals surface area contributed by atoms with Gasteiger partial charge in [-0.2, -0.15) is 5.10 Å². The number of sulfonamides is 1. The summed E-state index contributed by atoms with van der Waals surface area (Å²) in [6.07, 6.45) is 5.79. The van der Waals surface area contributed by atoms with Crippen molar-refractivity contribution in [3.05, 3.63) is 30.6 Å². The fourth-order valence-electron chi connectivity index (χ4n) is 1.58. The van der Waals surface area contributed by atoms with Crippen LogP contribution in [-0.4, -0.2) is 39.9 Å². The van der Waals surface area contributed by atoms with Gasteiger partial charge < -0.3 is 10.1 Å². The Kier molecular flexibility index (Phi) is 3.98. The van der Waals surface area contributed by atoms with Crippen LogP contribution >= 0.6 is 0 Å². The summed E-state index contributed by atoms with van der Waals surface area (Å²) in [6.45, 7) is 1.84. The third-order valence-electron chi connectivity index (χ3n) is 2.51. The first-order valence-corrected chi connectivity index (χ1v) is 7.16. The normalized spacial score (nSPS) is 13.6. The molecule has 1 unspecified atom stereocenters. The highest BCUT2D eigenvalue weighted by atomic mass is 32.2. The van der Waals surface area contributed by atoms with Crippen LogP contribution < -0.4 is 4.72 Å². The number of nitrogens with one attached hydrogen (secondary N) is 2. The third-order valence-corrected chi connectivity index (χ3v) is 4.01. The van der Waals surface area contributed by atoms with Gasteiger partial charge in [0.15, 0.2) is 0 Å². The number of hydrogen-bond acceptors (Lipinski definition) is 5. The molecule has 0 fully saturated rings. The van der Waals surface area contributed by atoms with E-state index < -0.39 is 16.1 Å². The van der Waals surface area contributed by atoms with Crippen molar-refractivity contribution >= 4 is 10.0 Å². The zero-order chi connectivity index (χ0) is 13.9. The zero-order valence-corrected chi connectivity index (χ0v) is 11.1. The molecule has 3 N–H and O–H groups in total. The van der Waals surface area contributed by atoms with E-state index >= 15 is 0 Å². The lowest BCUT2D eigenvalue weighted by Gasteiger charge is -2.10. The lowest BCUT2D eigenvalue weighted by atomic mass is 10.3. The summed E-state index contributed by atoms with van der Waals surface area (Å²) < 4.78 is 28.0. The van der Waals surface area contributed by atoms with E-state index in [1.54, 1.807) is 19.3 Å². The van der Waals surface area contributed by atoms with Gasteiger partial charge >= 0.3 is 0 Å². The minimum Gasteiger partial charge on any atom is -0.394 e. The number of H-pyrrole nitrogens is 1. The minimum absolute atomic E-state index is 0.0550. The molecule has 0 saturated carbocycles. The first kappa shape index (κ1) is 13.7. The van der Waals surface area contributed by atoms with E-state index in [-0.39, 0.29) is 18.0 Å². The highest BCUT2D eigenvalue weighted by Gasteiger charge is 2.21. The maximum absolute atomic E-state index is 12.1. The number of aliphatic hydroxyl groups is 1. The summed E-state index contributed by atoms with van der Waals surface area (Å²) in [6, 6.07) is -0.471. The summed E-state index contributed by atoms with van der Waals surface area (Å²) in [7, 11) is -3.66. The van der Waals surface area contributed by atoms with Crippen molar-refractivity contribution in [2.75, 3.05) is 6.61 Å². The van der Waals surface area contributed by atoms with Crippen LogP contribution in [0.25, 0.3) is 0 Å². The van der Waals surface area contributed by atoms with E-state index in [0.717, 1.165) is 0 Å². The summed E-state index contributed by atoms with van der Waals surface area (Å²) in [4.78, 5) is 6.89. The molecule has 0 saturated heterocycles. The number of hydrogen-bond donors (Lipinski definition) is 3. The molecule has 2 aromatic heterocycles. The molecule has 0 amide bonds. The van der Waals surface area contributed by atoms with Crippen molar-refractivity contribution in [3.63, 3.8) is 0 Å².